The smallest absolute Gasteiger partial charge is 0.0376 e. The zero-order valence-electron chi connectivity index (χ0n) is 11.1. The highest BCUT2D eigenvalue weighted by atomic mass is 14.9. The molecule has 0 bridgehead atoms. The Kier molecular flexibility index (Phi) is 3.51. The molecule has 0 fully saturated rings. The Morgan fingerprint density at radius 1 is 1.05 bits per heavy atom. The third-order valence-corrected chi connectivity index (χ3v) is 3.94. The Morgan fingerprint density at radius 2 is 1.89 bits per heavy atom. The Morgan fingerprint density at radius 3 is 2.68 bits per heavy atom. The minimum Gasteiger partial charge on any atom is -0.384 e. The predicted octanol–water partition coefficient (Wildman–Crippen LogP) is 3.14. The summed E-state index contributed by atoms with van der Waals surface area (Å²) in [4.78, 5) is 0. The molecule has 1 atom stereocenters. The first-order valence-corrected chi connectivity index (χ1v) is 7.01. The Balaban J connectivity index is 2.04. The summed E-state index contributed by atoms with van der Waals surface area (Å²) in [6.07, 6.45) is 2.12. The molecule has 1 aliphatic rings. The highest BCUT2D eigenvalue weighted by Crippen LogP contribution is 2.35. The van der Waals surface area contributed by atoms with Gasteiger partial charge in [0.25, 0.3) is 0 Å². The summed E-state index contributed by atoms with van der Waals surface area (Å²) in [5.74, 6) is 0.418. The van der Waals surface area contributed by atoms with Crippen molar-refractivity contribution in [3.8, 4) is 0 Å². The van der Waals surface area contributed by atoms with Crippen molar-refractivity contribution >= 4 is 5.69 Å². The van der Waals surface area contributed by atoms with E-state index in [-0.39, 0.29) is 0 Å². The monoisotopic (exact) mass is 252 g/mol. The minimum atomic E-state index is 0.418. The van der Waals surface area contributed by atoms with Crippen molar-refractivity contribution in [2.45, 2.75) is 18.8 Å². The lowest BCUT2D eigenvalue weighted by Gasteiger charge is -2.20. The van der Waals surface area contributed by atoms with E-state index in [4.69, 9.17) is 5.73 Å². The lowest BCUT2D eigenvalue weighted by Crippen LogP contribution is -2.10. The molecule has 1 aliphatic heterocycles. The molecule has 2 aromatic rings. The number of nitrogens with two attached hydrogens (primary N) is 1. The molecular weight excluding hydrogens is 232 g/mol. The summed E-state index contributed by atoms with van der Waals surface area (Å²) in [5, 5.41) is 3.46. The second kappa shape index (κ2) is 5.45. The first-order valence-electron chi connectivity index (χ1n) is 7.01. The van der Waals surface area contributed by atoms with E-state index >= 15 is 0 Å². The van der Waals surface area contributed by atoms with E-state index in [9.17, 15) is 0 Å². The van der Waals surface area contributed by atoms with Gasteiger partial charge in [-0.25, -0.2) is 0 Å². The van der Waals surface area contributed by atoms with E-state index in [1.807, 2.05) is 0 Å². The summed E-state index contributed by atoms with van der Waals surface area (Å²) in [7, 11) is 0. The second-order valence-corrected chi connectivity index (χ2v) is 5.09. The fourth-order valence-corrected chi connectivity index (χ4v) is 3.05. The Bertz CT molecular complexity index is 548. The number of nitrogens with one attached hydrogen (secondary N) is 1. The summed E-state index contributed by atoms with van der Waals surface area (Å²) < 4.78 is 0. The molecule has 1 unspecified atom stereocenters. The third kappa shape index (κ3) is 2.36. The maximum atomic E-state index is 5.83. The topological polar surface area (TPSA) is 38.0 Å². The van der Waals surface area contributed by atoms with Crippen LogP contribution in [0.1, 0.15) is 29.0 Å². The summed E-state index contributed by atoms with van der Waals surface area (Å²) >= 11 is 0. The largest absolute Gasteiger partial charge is 0.384 e. The molecule has 1 heterocycles. The molecule has 2 aromatic carbocycles. The fourth-order valence-electron chi connectivity index (χ4n) is 3.05. The van der Waals surface area contributed by atoms with Crippen LogP contribution in [-0.2, 0) is 6.42 Å². The maximum Gasteiger partial charge on any atom is 0.0376 e. The number of anilines is 1. The lowest BCUT2D eigenvalue weighted by atomic mass is 9.85. The van der Waals surface area contributed by atoms with Crippen molar-refractivity contribution in [3.05, 3.63) is 65.2 Å². The van der Waals surface area contributed by atoms with E-state index in [1.165, 1.54) is 22.4 Å². The molecule has 0 aromatic heterocycles. The molecule has 0 radical (unpaired) electrons. The quantitative estimate of drug-likeness (QED) is 0.877. The highest BCUT2D eigenvalue weighted by molar-refractivity contribution is 5.60. The van der Waals surface area contributed by atoms with Gasteiger partial charge in [0.1, 0.15) is 0 Å². The van der Waals surface area contributed by atoms with Crippen LogP contribution < -0.4 is 11.1 Å². The van der Waals surface area contributed by atoms with Crippen LogP contribution in [0, 0.1) is 0 Å². The average Bonchev–Trinajstić information content (AvgIpc) is 2.94. The zero-order valence-corrected chi connectivity index (χ0v) is 11.1. The van der Waals surface area contributed by atoms with Crippen molar-refractivity contribution < 1.29 is 0 Å². The normalized spacial score (nSPS) is 14.8. The van der Waals surface area contributed by atoms with Crippen LogP contribution in [0.3, 0.4) is 0 Å². The summed E-state index contributed by atoms with van der Waals surface area (Å²) in [6.45, 7) is 1.77. The maximum absolute atomic E-state index is 5.83. The lowest BCUT2D eigenvalue weighted by molar-refractivity contribution is 0.720. The standard InChI is InChI=1S/C17H20N2/c18-11-9-14(13-5-2-1-3-6-13)15-7-4-8-17-16(15)10-12-19-17/h1-8,14,19H,9-12,18H2. The minimum absolute atomic E-state index is 0.418. The molecule has 3 rings (SSSR count). The predicted molar refractivity (Wildman–Crippen MR) is 80.6 cm³/mol. The molecule has 0 amide bonds. The van der Waals surface area contributed by atoms with Gasteiger partial charge >= 0.3 is 0 Å². The number of rotatable bonds is 4. The van der Waals surface area contributed by atoms with Crippen molar-refractivity contribution in [3.63, 3.8) is 0 Å². The molecule has 0 aliphatic carbocycles. The van der Waals surface area contributed by atoms with Crippen molar-refractivity contribution in [2.24, 2.45) is 5.73 Å². The van der Waals surface area contributed by atoms with Gasteiger partial charge in [0.15, 0.2) is 0 Å². The van der Waals surface area contributed by atoms with Gasteiger partial charge in [0, 0.05) is 18.2 Å². The molecule has 3 N–H and O–H groups in total. The third-order valence-electron chi connectivity index (χ3n) is 3.94. The van der Waals surface area contributed by atoms with Crippen LogP contribution in [0.2, 0.25) is 0 Å². The number of benzene rings is 2. The summed E-state index contributed by atoms with van der Waals surface area (Å²) in [5.41, 5.74) is 11.4. The van der Waals surface area contributed by atoms with E-state index in [2.05, 4.69) is 53.8 Å². The van der Waals surface area contributed by atoms with Gasteiger partial charge in [-0.15, -0.1) is 0 Å². The molecule has 0 spiro atoms. The molecule has 98 valence electrons. The second-order valence-electron chi connectivity index (χ2n) is 5.09. The van der Waals surface area contributed by atoms with Gasteiger partial charge in [-0.05, 0) is 42.1 Å². The molecular formula is C17H20N2. The van der Waals surface area contributed by atoms with Crippen LogP contribution >= 0.6 is 0 Å². The zero-order chi connectivity index (χ0) is 13.1. The van der Waals surface area contributed by atoms with E-state index in [1.54, 1.807) is 0 Å². The van der Waals surface area contributed by atoms with Crippen LogP contribution in [0.4, 0.5) is 5.69 Å². The molecule has 2 nitrogen and oxygen atoms in total. The highest BCUT2D eigenvalue weighted by Gasteiger charge is 2.21. The van der Waals surface area contributed by atoms with Crippen LogP contribution in [0.5, 0.6) is 0 Å². The van der Waals surface area contributed by atoms with Crippen LogP contribution in [0.15, 0.2) is 48.5 Å². The van der Waals surface area contributed by atoms with Gasteiger partial charge in [0.2, 0.25) is 0 Å². The molecule has 0 saturated carbocycles. The van der Waals surface area contributed by atoms with E-state index in [0.717, 1.165) is 25.9 Å². The SMILES string of the molecule is NCCC(c1ccccc1)c1cccc2c1CCN2. The first-order chi connectivity index (χ1) is 9.40. The number of hydrogen-bond acceptors (Lipinski definition) is 2. The average molecular weight is 252 g/mol. The fraction of sp³-hybridized carbons (Fsp3) is 0.294. The van der Waals surface area contributed by atoms with E-state index in [0.29, 0.717) is 5.92 Å². The first kappa shape index (κ1) is 12.2. The van der Waals surface area contributed by atoms with Gasteiger partial charge in [0.05, 0.1) is 0 Å². The van der Waals surface area contributed by atoms with E-state index < -0.39 is 0 Å². The van der Waals surface area contributed by atoms with Gasteiger partial charge < -0.3 is 11.1 Å². The van der Waals surface area contributed by atoms with Crippen molar-refractivity contribution in [1.82, 2.24) is 0 Å². The van der Waals surface area contributed by atoms with Gasteiger partial charge in [-0.3, -0.25) is 0 Å². The van der Waals surface area contributed by atoms with Gasteiger partial charge in [-0.1, -0.05) is 42.5 Å². The molecule has 2 heteroatoms. The Labute approximate surface area is 114 Å². The molecule has 0 saturated heterocycles. The number of hydrogen-bond donors (Lipinski definition) is 2. The van der Waals surface area contributed by atoms with Crippen molar-refractivity contribution in [2.75, 3.05) is 18.4 Å². The van der Waals surface area contributed by atoms with Crippen molar-refractivity contribution in [1.29, 1.82) is 0 Å². The number of fused-ring (bicyclic) bond motifs is 1. The van der Waals surface area contributed by atoms with Crippen LogP contribution in [0.25, 0.3) is 0 Å². The van der Waals surface area contributed by atoms with Crippen LogP contribution in [-0.4, -0.2) is 13.1 Å². The summed E-state index contributed by atoms with van der Waals surface area (Å²) in [6, 6.07) is 17.3. The van der Waals surface area contributed by atoms with Gasteiger partial charge in [-0.2, -0.15) is 0 Å². The molecule has 19 heavy (non-hydrogen) atoms. The Hall–Kier alpha value is -1.80.